The van der Waals surface area contributed by atoms with Crippen LogP contribution in [0.4, 0.5) is 0 Å². The van der Waals surface area contributed by atoms with E-state index in [0.29, 0.717) is 10.9 Å². The molecule has 0 saturated heterocycles. The predicted octanol–water partition coefficient (Wildman–Crippen LogP) is 3.73. The van der Waals surface area contributed by atoms with Gasteiger partial charge in [0.25, 0.3) is 10.0 Å². The van der Waals surface area contributed by atoms with Crippen LogP contribution >= 0.6 is 0 Å². The Kier molecular flexibility index (Phi) is 7.02. The molecule has 1 heterocycles. The Morgan fingerprint density at radius 3 is 1.97 bits per heavy atom. The molecular formula is C27H28N2O6S2. The van der Waals surface area contributed by atoms with E-state index in [1.54, 1.807) is 62.4 Å². The molecule has 0 aliphatic heterocycles. The van der Waals surface area contributed by atoms with Gasteiger partial charge in [-0.2, -0.15) is 0 Å². The molecule has 4 rings (SSSR count). The number of hydrogen-bond donors (Lipinski definition) is 1. The van der Waals surface area contributed by atoms with Gasteiger partial charge in [0.05, 0.1) is 21.9 Å². The lowest BCUT2D eigenvalue weighted by Crippen LogP contribution is -2.57. The first kappa shape index (κ1) is 26.6. The maximum atomic E-state index is 13.7. The van der Waals surface area contributed by atoms with Crippen LogP contribution in [0.1, 0.15) is 23.6 Å². The van der Waals surface area contributed by atoms with Crippen molar-refractivity contribution in [3.63, 3.8) is 0 Å². The number of carbonyl (C=O) groups is 1. The maximum Gasteiger partial charge on any atom is 0.342 e. The molecule has 0 radical (unpaired) electrons. The number of benzene rings is 3. The molecule has 0 aliphatic carbocycles. The minimum atomic E-state index is -4.44. The fourth-order valence-electron chi connectivity index (χ4n) is 4.12. The number of carbonyl (C=O) groups excluding carboxylic acids is 1. The minimum Gasteiger partial charge on any atom is -0.464 e. The third-order valence-corrected chi connectivity index (χ3v) is 10.1. The Labute approximate surface area is 216 Å². The highest BCUT2D eigenvalue weighted by Crippen LogP contribution is 2.32. The molecule has 0 bridgehead atoms. The first-order valence-corrected chi connectivity index (χ1v) is 14.5. The fourth-order valence-corrected chi connectivity index (χ4v) is 7.05. The summed E-state index contributed by atoms with van der Waals surface area (Å²) in [6.45, 7) is 5.13. The summed E-state index contributed by atoms with van der Waals surface area (Å²) in [6, 6.07) is 19.0. The Morgan fingerprint density at radius 2 is 1.41 bits per heavy atom. The Balaban J connectivity index is 1.90. The molecule has 0 amide bonds. The van der Waals surface area contributed by atoms with Crippen molar-refractivity contribution in [2.75, 3.05) is 6.61 Å². The summed E-state index contributed by atoms with van der Waals surface area (Å²) in [5, 5.41) is 0.455. The van der Waals surface area contributed by atoms with Crippen molar-refractivity contribution in [3.05, 3.63) is 95.7 Å². The molecule has 1 atom stereocenters. The van der Waals surface area contributed by atoms with Crippen LogP contribution in [0.15, 0.2) is 88.8 Å². The van der Waals surface area contributed by atoms with E-state index in [1.807, 2.05) is 6.92 Å². The van der Waals surface area contributed by atoms with E-state index in [1.165, 1.54) is 30.5 Å². The second-order valence-corrected chi connectivity index (χ2v) is 12.9. The Bertz CT molecular complexity index is 1670. The smallest absolute Gasteiger partial charge is 0.342 e. The summed E-state index contributed by atoms with van der Waals surface area (Å²) < 4.78 is 60.7. The minimum absolute atomic E-state index is 0.0714. The predicted molar refractivity (Wildman–Crippen MR) is 141 cm³/mol. The largest absolute Gasteiger partial charge is 0.464 e. The number of aryl methyl sites for hydroxylation is 2. The molecule has 0 unspecified atom stereocenters. The summed E-state index contributed by atoms with van der Waals surface area (Å²) in [4.78, 5) is 10.5. The monoisotopic (exact) mass is 540 g/mol. The number of ether oxygens (including phenoxy) is 1. The van der Waals surface area contributed by atoms with E-state index in [4.69, 9.17) is 10.5 Å². The van der Waals surface area contributed by atoms with Gasteiger partial charge in [-0.15, -0.1) is 0 Å². The lowest BCUT2D eigenvalue weighted by molar-refractivity contribution is -0.146. The SMILES string of the molecule is CCOC(=O)[C@@](N)(Cc1cn(S(=O)(=O)c2ccc(C)cc2)c2ccccc12)S(=O)(=O)c1ccc(C)cc1. The first-order chi connectivity index (χ1) is 17.4. The zero-order valence-electron chi connectivity index (χ0n) is 20.7. The number of hydrogen-bond acceptors (Lipinski definition) is 7. The van der Waals surface area contributed by atoms with Crippen LogP contribution in [0.2, 0.25) is 0 Å². The number of fused-ring (bicyclic) bond motifs is 1. The van der Waals surface area contributed by atoms with Gasteiger partial charge in [-0.25, -0.2) is 25.6 Å². The second kappa shape index (κ2) is 9.77. The highest BCUT2D eigenvalue weighted by atomic mass is 32.2. The zero-order valence-corrected chi connectivity index (χ0v) is 22.3. The maximum absolute atomic E-state index is 13.7. The first-order valence-electron chi connectivity index (χ1n) is 11.6. The number of rotatable bonds is 8. The standard InChI is InChI=1S/C27H28N2O6S2/c1-4-35-26(30)27(28,36(31,32)22-13-9-19(2)10-14-22)17-21-18-29(25-8-6-5-7-24(21)25)37(33,34)23-15-11-20(3)12-16-23/h5-16,18H,4,17,28H2,1-3H3/t27-/m1/s1. The summed E-state index contributed by atoms with van der Waals surface area (Å²) in [7, 11) is -8.47. The molecule has 0 aliphatic rings. The summed E-state index contributed by atoms with van der Waals surface area (Å²) in [6.07, 6.45) is 0.824. The van der Waals surface area contributed by atoms with Crippen LogP contribution in [-0.2, 0) is 35.8 Å². The fraction of sp³-hybridized carbons (Fsp3) is 0.222. The summed E-state index contributed by atoms with van der Waals surface area (Å²) >= 11 is 0. The average Bonchev–Trinajstić information content (AvgIpc) is 3.23. The number of nitrogens with zero attached hydrogens (tertiary/aromatic N) is 1. The Morgan fingerprint density at radius 1 is 0.865 bits per heavy atom. The van der Waals surface area contributed by atoms with Crippen molar-refractivity contribution >= 4 is 36.7 Å². The van der Waals surface area contributed by atoms with Crippen LogP contribution < -0.4 is 5.73 Å². The van der Waals surface area contributed by atoms with Crippen molar-refractivity contribution in [3.8, 4) is 0 Å². The molecular weight excluding hydrogens is 512 g/mol. The van der Waals surface area contributed by atoms with Crippen LogP contribution in [0.3, 0.4) is 0 Å². The number of sulfone groups is 1. The third kappa shape index (κ3) is 4.68. The van der Waals surface area contributed by atoms with E-state index in [2.05, 4.69) is 0 Å². The van der Waals surface area contributed by atoms with Crippen molar-refractivity contribution < 1.29 is 26.4 Å². The van der Waals surface area contributed by atoms with Crippen LogP contribution in [-0.4, -0.2) is 38.3 Å². The van der Waals surface area contributed by atoms with Crippen LogP contribution in [0.5, 0.6) is 0 Å². The summed E-state index contributed by atoms with van der Waals surface area (Å²) in [5.74, 6) is -1.12. The average molecular weight is 541 g/mol. The van der Waals surface area contributed by atoms with Crippen molar-refractivity contribution in [2.24, 2.45) is 5.73 Å². The molecule has 10 heteroatoms. The van der Waals surface area contributed by atoms with Crippen molar-refractivity contribution in [1.29, 1.82) is 0 Å². The van der Waals surface area contributed by atoms with Gasteiger partial charge in [-0.1, -0.05) is 53.6 Å². The van der Waals surface area contributed by atoms with Gasteiger partial charge in [0.15, 0.2) is 0 Å². The number of nitrogens with two attached hydrogens (primary N) is 1. The van der Waals surface area contributed by atoms with Crippen LogP contribution in [0, 0.1) is 13.8 Å². The van der Waals surface area contributed by atoms with Crippen molar-refractivity contribution in [1.82, 2.24) is 3.97 Å². The quantitative estimate of drug-likeness (QED) is 0.338. The number of para-hydroxylation sites is 1. The van der Waals surface area contributed by atoms with Crippen molar-refractivity contribution in [2.45, 2.75) is 41.9 Å². The normalized spacial score (nSPS) is 13.8. The van der Waals surface area contributed by atoms with Gasteiger partial charge < -0.3 is 10.5 Å². The van der Waals surface area contributed by atoms with Gasteiger partial charge in [0.1, 0.15) is 0 Å². The summed E-state index contributed by atoms with van der Waals surface area (Å²) in [5.41, 5.74) is 8.77. The van der Waals surface area contributed by atoms with E-state index in [0.717, 1.165) is 15.1 Å². The topological polar surface area (TPSA) is 126 Å². The lowest BCUT2D eigenvalue weighted by atomic mass is 10.1. The van der Waals surface area contributed by atoms with Gasteiger partial charge >= 0.3 is 5.97 Å². The van der Waals surface area contributed by atoms with E-state index >= 15 is 0 Å². The molecule has 0 saturated carbocycles. The molecule has 4 aromatic rings. The van der Waals surface area contributed by atoms with Gasteiger partial charge in [-0.3, -0.25) is 0 Å². The van der Waals surface area contributed by atoms with Crippen LogP contribution in [0.25, 0.3) is 10.9 Å². The zero-order chi connectivity index (χ0) is 27.0. The Hall–Kier alpha value is -3.47. The molecule has 2 N–H and O–H groups in total. The molecule has 8 nitrogen and oxygen atoms in total. The lowest BCUT2D eigenvalue weighted by Gasteiger charge is -2.27. The van der Waals surface area contributed by atoms with Gasteiger partial charge in [-0.05, 0) is 56.7 Å². The highest BCUT2D eigenvalue weighted by molar-refractivity contribution is 7.93. The van der Waals surface area contributed by atoms with E-state index < -0.39 is 37.1 Å². The number of esters is 1. The molecule has 1 aromatic heterocycles. The molecule has 0 fully saturated rings. The van der Waals surface area contributed by atoms with E-state index in [-0.39, 0.29) is 22.0 Å². The molecule has 3 aromatic carbocycles. The molecule has 194 valence electrons. The highest BCUT2D eigenvalue weighted by Gasteiger charge is 2.50. The van der Waals surface area contributed by atoms with E-state index in [9.17, 15) is 21.6 Å². The number of aromatic nitrogens is 1. The van der Waals surface area contributed by atoms with Gasteiger partial charge in [0.2, 0.25) is 14.7 Å². The van der Waals surface area contributed by atoms with Gasteiger partial charge in [0, 0.05) is 18.0 Å². The second-order valence-electron chi connectivity index (χ2n) is 8.89. The molecule has 37 heavy (non-hydrogen) atoms. The molecule has 0 spiro atoms. The third-order valence-electron chi connectivity index (χ3n) is 6.22.